The number of alkyl halides is 3. The number of nitrogens with zero attached hydrogens (tertiary/aromatic N) is 1. The van der Waals surface area contributed by atoms with Crippen molar-refractivity contribution >= 4 is 21.4 Å². The molecule has 0 radical (unpaired) electrons. The van der Waals surface area contributed by atoms with Gasteiger partial charge >= 0.3 is 15.5 Å². The summed E-state index contributed by atoms with van der Waals surface area (Å²) in [6, 6.07) is 5.56. The van der Waals surface area contributed by atoms with E-state index in [1.807, 2.05) is 0 Å². The summed E-state index contributed by atoms with van der Waals surface area (Å²) in [5.74, 6) is 0. The largest absolute Gasteiger partial charge is 0.516 e. The minimum absolute atomic E-state index is 0.192. The van der Waals surface area contributed by atoms with Crippen LogP contribution >= 0.6 is 0 Å². The molecule has 106 valence electrons. The second kappa shape index (κ2) is 5.47. The van der Waals surface area contributed by atoms with Crippen LogP contribution < -0.4 is 4.72 Å². The maximum Gasteiger partial charge on any atom is 0.516 e. The first-order valence-electron chi connectivity index (χ1n) is 4.95. The quantitative estimate of drug-likeness (QED) is 0.685. The first-order valence-corrected chi connectivity index (χ1v) is 6.43. The Morgan fingerprint density at radius 1 is 1.32 bits per heavy atom. The van der Waals surface area contributed by atoms with Crippen LogP contribution in [0.25, 0.3) is 0 Å². The number of hydrogen-bond acceptors (Lipinski definition) is 4. The van der Waals surface area contributed by atoms with Crippen LogP contribution in [0.2, 0.25) is 0 Å². The number of oxime groups is 1. The predicted octanol–water partition coefficient (Wildman–Crippen LogP) is 2.32. The Hall–Kier alpha value is -1.77. The maximum absolute atomic E-state index is 12.3. The van der Waals surface area contributed by atoms with Gasteiger partial charge in [-0.2, -0.15) is 21.6 Å². The zero-order chi connectivity index (χ0) is 14.7. The number of anilines is 1. The molecule has 5 nitrogen and oxygen atoms in total. The molecule has 9 heteroatoms. The molecular formula is C10H11F3N2O3S. The lowest BCUT2D eigenvalue weighted by Gasteiger charge is -2.13. The minimum Gasteiger partial charge on any atom is -0.399 e. The number of hydrogen-bond donors (Lipinski definition) is 1. The third-order valence-electron chi connectivity index (χ3n) is 2.09. The van der Waals surface area contributed by atoms with Crippen LogP contribution in [0.5, 0.6) is 0 Å². The maximum atomic E-state index is 12.3. The molecule has 1 aromatic carbocycles. The second-order valence-electron chi connectivity index (χ2n) is 3.46. The average Bonchev–Trinajstić information content (AvgIpc) is 2.28. The molecule has 0 aliphatic carbocycles. The van der Waals surface area contributed by atoms with E-state index in [-0.39, 0.29) is 17.0 Å². The Morgan fingerprint density at radius 3 is 2.42 bits per heavy atom. The molecule has 0 heterocycles. The molecule has 0 saturated heterocycles. The molecule has 1 N–H and O–H groups in total. The van der Waals surface area contributed by atoms with Crippen LogP contribution in [-0.4, -0.2) is 26.7 Å². The highest BCUT2D eigenvalue weighted by Gasteiger charge is 2.46. The number of halogens is 3. The van der Waals surface area contributed by atoms with Crippen molar-refractivity contribution in [3.05, 3.63) is 29.8 Å². The van der Waals surface area contributed by atoms with Crippen molar-refractivity contribution in [3.63, 3.8) is 0 Å². The van der Waals surface area contributed by atoms with Gasteiger partial charge in [-0.05, 0) is 13.0 Å². The van der Waals surface area contributed by atoms with E-state index in [1.165, 1.54) is 43.0 Å². The van der Waals surface area contributed by atoms with Crippen molar-refractivity contribution in [1.82, 2.24) is 0 Å². The number of rotatable bonds is 4. The smallest absolute Gasteiger partial charge is 0.399 e. The van der Waals surface area contributed by atoms with Crippen molar-refractivity contribution in [2.45, 2.75) is 12.4 Å². The van der Waals surface area contributed by atoms with E-state index in [0.29, 0.717) is 0 Å². The van der Waals surface area contributed by atoms with Gasteiger partial charge in [-0.3, -0.25) is 4.72 Å². The molecule has 0 bridgehead atoms. The van der Waals surface area contributed by atoms with Crippen molar-refractivity contribution in [2.24, 2.45) is 5.16 Å². The van der Waals surface area contributed by atoms with Crippen molar-refractivity contribution < 1.29 is 26.4 Å². The predicted molar refractivity (Wildman–Crippen MR) is 64.3 cm³/mol. The number of sulfonamides is 1. The lowest BCUT2D eigenvalue weighted by Crippen LogP contribution is -2.30. The Morgan fingerprint density at radius 2 is 1.89 bits per heavy atom. The summed E-state index contributed by atoms with van der Waals surface area (Å²) in [5.41, 5.74) is -5.18. The summed E-state index contributed by atoms with van der Waals surface area (Å²) in [4.78, 5) is 4.50. The third kappa shape index (κ3) is 3.60. The highest BCUT2D eigenvalue weighted by molar-refractivity contribution is 7.93. The fourth-order valence-electron chi connectivity index (χ4n) is 1.28. The molecule has 0 spiro atoms. The Bertz CT molecular complexity index is 582. The number of benzene rings is 1. The van der Waals surface area contributed by atoms with E-state index in [0.717, 1.165) is 0 Å². The first-order chi connectivity index (χ1) is 8.69. The van der Waals surface area contributed by atoms with E-state index in [9.17, 15) is 21.6 Å². The summed E-state index contributed by atoms with van der Waals surface area (Å²) in [6.07, 6.45) is 0. The normalized spacial score (nSPS) is 13.2. The molecule has 1 rings (SSSR count). The van der Waals surface area contributed by atoms with Gasteiger partial charge in [-0.15, -0.1) is 0 Å². The lowest BCUT2D eigenvalue weighted by molar-refractivity contribution is -0.0429. The molecular weight excluding hydrogens is 285 g/mol. The second-order valence-corrected chi connectivity index (χ2v) is 5.13. The van der Waals surface area contributed by atoms with Crippen LogP contribution in [0.15, 0.2) is 29.4 Å². The molecule has 0 aliphatic heterocycles. The van der Waals surface area contributed by atoms with E-state index in [4.69, 9.17) is 0 Å². The third-order valence-corrected chi connectivity index (χ3v) is 3.19. The molecule has 0 aliphatic rings. The summed E-state index contributed by atoms with van der Waals surface area (Å²) < 4.78 is 60.5. The van der Waals surface area contributed by atoms with E-state index < -0.39 is 15.5 Å². The standard InChI is InChI=1S/C10H11F3N2O3S/c1-7(14-18-2)8-5-3-4-6-9(8)15-19(16,17)10(11,12)13/h3-6,15H,1-2H3/b14-7+. The molecule has 0 fully saturated rings. The van der Waals surface area contributed by atoms with E-state index >= 15 is 0 Å². The fraction of sp³-hybridized carbons (Fsp3) is 0.300. The van der Waals surface area contributed by atoms with E-state index in [1.54, 1.807) is 0 Å². The molecule has 0 saturated carbocycles. The van der Waals surface area contributed by atoms with Crippen molar-refractivity contribution in [1.29, 1.82) is 0 Å². The van der Waals surface area contributed by atoms with Crippen LogP contribution in [0, 0.1) is 0 Å². The molecule has 0 unspecified atom stereocenters. The van der Waals surface area contributed by atoms with Gasteiger partial charge in [-0.25, -0.2) is 0 Å². The van der Waals surface area contributed by atoms with Crippen molar-refractivity contribution in [2.75, 3.05) is 11.8 Å². The zero-order valence-corrected chi connectivity index (χ0v) is 10.8. The lowest BCUT2D eigenvalue weighted by atomic mass is 10.1. The summed E-state index contributed by atoms with van der Waals surface area (Å²) in [5, 5.41) is 3.55. The van der Waals surface area contributed by atoms with Crippen LogP contribution in [0.1, 0.15) is 12.5 Å². The van der Waals surface area contributed by atoms with Gasteiger partial charge < -0.3 is 4.84 Å². The molecule has 0 aromatic heterocycles. The highest BCUT2D eigenvalue weighted by Crippen LogP contribution is 2.27. The summed E-state index contributed by atoms with van der Waals surface area (Å²) in [7, 11) is -4.20. The summed E-state index contributed by atoms with van der Waals surface area (Å²) >= 11 is 0. The van der Waals surface area contributed by atoms with Gasteiger partial charge in [-0.1, -0.05) is 23.4 Å². The number of para-hydroxylation sites is 1. The first kappa shape index (κ1) is 15.3. The highest BCUT2D eigenvalue weighted by atomic mass is 32.2. The molecule has 1 aromatic rings. The Balaban J connectivity index is 3.21. The van der Waals surface area contributed by atoms with Gasteiger partial charge in [0.15, 0.2) is 0 Å². The topological polar surface area (TPSA) is 67.8 Å². The van der Waals surface area contributed by atoms with Crippen LogP contribution in [-0.2, 0) is 14.9 Å². The molecule has 19 heavy (non-hydrogen) atoms. The van der Waals surface area contributed by atoms with Crippen LogP contribution in [0.4, 0.5) is 18.9 Å². The van der Waals surface area contributed by atoms with Crippen molar-refractivity contribution in [3.8, 4) is 0 Å². The van der Waals surface area contributed by atoms with Gasteiger partial charge in [0.25, 0.3) is 0 Å². The van der Waals surface area contributed by atoms with Gasteiger partial charge in [0, 0.05) is 5.56 Å². The SMILES string of the molecule is CO/N=C(\C)c1ccccc1NS(=O)(=O)C(F)(F)F. The van der Waals surface area contributed by atoms with Crippen LogP contribution in [0.3, 0.4) is 0 Å². The monoisotopic (exact) mass is 296 g/mol. The fourth-order valence-corrected chi connectivity index (χ4v) is 1.86. The minimum atomic E-state index is -5.47. The Kier molecular flexibility index (Phi) is 4.40. The summed E-state index contributed by atoms with van der Waals surface area (Å²) in [6.45, 7) is 1.48. The average molecular weight is 296 g/mol. The number of nitrogens with one attached hydrogen (secondary N) is 1. The zero-order valence-electron chi connectivity index (χ0n) is 10.0. The molecule has 0 amide bonds. The van der Waals surface area contributed by atoms with Gasteiger partial charge in [0.1, 0.15) is 7.11 Å². The van der Waals surface area contributed by atoms with Gasteiger partial charge in [0.05, 0.1) is 11.4 Å². The van der Waals surface area contributed by atoms with E-state index in [2.05, 4.69) is 9.99 Å². The Labute approximate surface area is 108 Å². The van der Waals surface area contributed by atoms with Gasteiger partial charge in [0.2, 0.25) is 0 Å². The molecule has 0 atom stereocenters.